The Hall–Kier alpha value is -2.82. The molecule has 0 aliphatic carbocycles. The van der Waals surface area contributed by atoms with E-state index in [-0.39, 0.29) is 5.91 Å². The number of nitrogens with zero attached hydrogens (tertiary/aromatic N) is 1. The van der Waals surface area contributed by atoms with Gasteiger partial charge in [0, 0.05) is 35.9 Å². The van der Waals surface area contributed by atoms with Crippen LogP contribution in [-0.4, -0.2) is 29.0 Å². The number of pyridine rings is 1. The number of aryl methyl sites for hydroxylation is 4. The van der Waals surface area contributed by atoms with Crippen LogP contribution < -0.4 is 10.6 Å². The van der Waals surface area contributed by atoms with E-state index in [2.05, 4.69) is 46.6 Å². The fourth-order valence-electron chi connectivity index (χ4n) is 3.39. The van der Waals surface area contributed by atoms with E-state index in [4.69, 9.17) is 0 Å². The van der Waals surface area contributed by atoms with Gasteiger partial charge in [0.25, 0.3) is 0 Å². The average molecular weight is 364 g/mol. The summed E-state index contributed by atoms with van der Waals surface area (Å²) in [7, 11) is 0. The van der Waals surface area contributed by atoms with Crippen LogP contribution in [0.5, 0.6) is 0 Å². The number of hydrogen-bond acceptors (Lipinski definition) is 3. The molecule has 3 aromatic rings. The molecule has 0 atom stereocenters. The van der Waals surface area contributed by atoms with Gasteiger partial charge in [-0.3, -0.25) is 4.79 Å². The Morgan fingerprint density at radius 1 is 1.07 bits per heavy atom. The molecule has 5 nitrogen and oxygen atoms in total. The number of benzene rings is 1. The Morgan fingerprint density at radius 2 is 1.89 bits per heavy atom. The van der Waals surface area contributed by atoms with Gasteiger partial charge < -0.3 is 15.6 Å². The summed E-state index contributed by atoms with van der Waals surface area (Å²) in [6.45, 7) is 9.68. The van der Waals surface area contributed by atoms with Crippen molar-refractivity contribution >= 4 is 22.6 Å². The molecule has 2 heterocycles. The zero-order valence-corrected chi connectivity index (χ0v) is 16.6. The minimum Gasteiger partial charge on any atom is -0.370 e. The molecule has 0 aliphatic rings. The number of fused-ring (bicyclic) bond motifs is 1. The number of aromatic amines is 1. The summed E-state index contributed by atoms with van der Waals surface area (Å²) in [4.78, 5) is 20.1. The first-order valence-corrected chi connectivity index (χ1v) is 9.45. The second-order valence-electron chi connectivity index (χ2n) is 7.26. The molecular formula is C22H28N4O. The van der Waals surface area contributed by atoms with Crippen LogP contribution in [0.25, 0.3) is 10.9 Å². The Balaban J connectivity index is 1.50. The van der Waals surface area contributed by atoms with Crippen molar-refractivity contribution < 1.29 is 4.79 Å². The predicted molar refractivity (Wildman–Crippen MR) is 111 cm³/mol. The number of hydrogen-bond donors (Lipinski definition) is 3. The van der Waals surface area contributed by atoms with Gasteiger partial charge in [0.2, 0.25) is 5.91 Å². The van der Waals surface area contributed by atoms with Gasteiger partial charge in [-0.25, -0.2) is 4.98 Å². The highest BCUT2D eigenvalue weighted by molar-refractivity contribution is 5.92. The molecule has 0 fully saturated rings. The zero-order valence-electron chi connectivity index (χ0n) is 16.6. The minimum atomic E-state index is 0.0617. The monoisotopic (exact) mass is 364 g/mol. The highest BCUT2D eigenvalue weighted by atomic mass is 16.1. The fraction of sp³-hybridized carbons (Fsp3) is 0.364. The third-order valence-corrected chi connectivity index (χ3v) is 4.80. The van der Waals surface area contributed by atoms with E-state index >= 15 is 0 Å². The molecule has 0 saturated carbocycles. The summed E-state index contributed by atoms with van der Waals surface area (Å²) >= 11 is 0. The predicted octanol–water partition coefficient (Wildman–Crippen LogP) is 3.96. The molecule has 0 spiro atoms. The molecule has 3 N–H and O–H groups in total. The number of carbonyl (C=O) groups is 1. The van der Waals surface area contributed by atoms with Crippen molar-refractivity contribution in [2.24, 2.45) is 0 Å². The summed E-state index contributed by atoms with van der Waals surface area (Å²) in [5, 5.41) is 7.45. The number of nitrogens with one attached hydrogen (secondary N) is 3. The normalized spacial score (nSPS) is 11.0. The van der Waals surface area contributed by atoms with E-state index < -0.39 is 0 Å². The summed E-state index contributed by atoms with van der Waals surface area (Å²) in [5.74, 6) is 0.929. The number of H-pyrrole nitrogens is 1. The van der Waals surface area contributed by atoms with Crippen LogP contribution in [0, 0.1) is 27.7 Å². The van der Waals surface area contributed by atoms with Gasteiger partial charge in [0.1, 0.15) is 5.82 Å². The Kier molecular flexibility index (Phi) is 5.79. The van der Waals surface area contributed by atoms with Crippen LogP contribution in [0.1, 0.15) is 34.4 Å². The van der Waals surface area contributed by atoms with Gasteiger partial charge in [-0.1, -0.05) is 17.7 Å². The van der Waals surface area contributed by atoms with Crippen molar-refractivity contribution in [3.05, 3.63) is 58.4 Å². The maximum Gasteiger partial charge on any atom is 0.224 e. The molecule has 142 valence electrons. The maximum absolute atomic E-state index is 12.4. The van der Waals surface area contributed by atoms with Crippen molar-refractivity contribution in [3.63, 3.8) is 0 Å². The SMILES string of the molecule is Cc1ccc(NCCCNC(=O)Cc2c(C)[nH]c3c(C)cc(C)cc23)nc1. The van der Waals surface area contributed by atoms with Crippen LogP contribution in [0.4, 0.5) is 5.82 Å². The molecule has 0 saturated heterocycles. The molecule has 0 unspecified atom stereocenters. The zero-order chi connectivity index (χ0) is 19.4. The molecular weight excluding hydrogens is 336 g/mol. The third kappa shape index (κ3) is 4.67. The lowest BCUT2D eigenvalue weighted by molar-refractivity contribution is -0.120. The minimum absolute atomic E-state index is 0.0617. The van der Waals surface area contributed by atoms with Gasteiger partial charge in [0.05, 0.1) is 6.42 Å². The summed E-state index contributed by atoms with van der Waals surface area (Å²) in [5.41, 5.74) is 6.88. The molecule has 27 heavy (non-hydrogen) atoms. The van der Waals surface area contributed by atoms with Crippen molar-refractivity contribution in [2.75, 3.05) is 18.4 Å². The average Bonchev–Trinajstić information content (AvgIpc) is 2.93. The largest absolute Gasteiger partial charge is 0.370 e. The van der Waals surface area contributed by atoms with Crippen LogP contribution in [-0.2, 0) is 11.2 Å². The van der Waals surface area contributed by atoms with E-state index in [0.717, 1.165) is 46.5 Å². The van der Waals surface area contributed by atoms with E-state index in [1.807, 2.05) is 32.2 Å². The van der Waals surface area contributed by atoms with Crippen molar-refractivity contribution in [1.29, 1.82) is 0 Å². The smallest absolute Gasteiger partial charge is 0.224 e. The molecule has 2 aromatic heterocycles. The molecule has 0 radical (unpaired) electrons. The standard InChI is InChI=1S/C22H28N4O/c1-14-6-7-20(25-13-14)23-8-5-9-24-21(27)12-18-17(4)26-22-16(3)10-15(2)11-19(18)22/h6-7,10-11,13,26H,5,8-9,12H2,1-4H3,(H,23,25)(H,24,27). The number of amides is 1. The Labute approximate surface area is 160 Å². The maximum atomic E-state index is 12.4. The Bertz CT molecular complexity index is 941. The molecule has 0 aliphatic heterocycles. The lowest BCUT2D eigenvalue weighted by Gasteiger charge is -2.08. The summed E-state index contributed by atoms with van der Waals surface area (Å²) in [6, 6.07) is 8.33. The van der Waals surface area contributed by atoms with E-state index in [0.29, 0.717) is 13.0 Å². The molecule has 1 amide bonds. The van der Waals surface area contributed by atoms with E-state index in [9.17, 15) is 4.79 Å². The van der Waals surface area contributed by atoms with Crippen molar-refractivity contribution in [1.82, 2.24) is 15.3 Å². The van der Waals surface area contributed by atoms with Gasteiger partial charge in [-0.15, -0.1) is 0 Å². The molecule has 3 rings (SSSR count). The quantitative estimate of drug-likeness (QED) is 0.556. The number of aromatic nitrogens is 2. The van der Waals surface area contributed by atoms with Crippen LogP contribution >= 0.6 is 0 Å². The van der Waals surface area contributed by atoms with Gasteiger partial charge in [-0.05, 0) is 62.9 Å². The van der Waals surface area contributed by atoms with Crippen LogP contribution in [0.15, 0.2) is 30.5 Å². The summed E-state index contributed by atoms with van der Waals surface area (Å²) < 4.78 is 0. The van der Waals surface area contributed by atoms with Crippen LogP contribution in [0.2, 0.25) is 0 Å². The topological polar surface area (TPSA) is 69.8 Å². The highest BCUT2D eigenvalue weighted by Crippen LogP contribution is 2.26. The molecule has 0 bridgehead atoms. The lowest BCUT2D eigenvalue weighted by atomic mass is 10.0. The van der Waals surface area contributed by atoms with Crippen molar-refractivity contribution in [2.45, 2.75) is 40.5 Å². The summed E-state index contributed by atoms with van der Waals surface area (Å²) in [6.07, 6.45) is 3.10. The van der Waals surface area contributed by atoms with Crippen LogP contribution in [0.3, 0.4) is 0 Å². The second-order valence-corrected chi connectivity index (χ2v) is 7.26. The number of anilines is 1. The first-order valence-electron chi connectivity index (χ1n) is 9.45. The van der Waals surface area contributed by atoms with E-state index in [1.54, 1.807) is 0 Å². The van der Waals surface area contributed by atoms with Crippen molar-refractivity contribution in [3.8, 4) is 0 Å². The van der Waals surface area contributed by atoms with Gasteiger partial charge >= 0.3 is 0 Å². The van der Waals surface area contributed by atoms with Gasteiger partial charge in [-0.2, -0.15) is 0 Å². The fourth-order valence-corrected chi connectivity index (χ4v) is 3.39. The Morgan fingerprint density at radius 3 is 2.63 bits per heavy atom. The second kappa shape index (κ2) is 8.25. The number of rotatable bonds is 7. The molecule has 5 heteroatoms. The first kappa shape index (κ1) is 19.0. The first-order chi connectivity index (χ1) is 12.9. The van der Waals surface area contributed by atoms with Gasteiger partial charge in [0.15, 0.2) is 0 Å². The van der Waals surface area contributed by atoms with E-state index in [1.165, 1.54) is 11.1 Å². The lowest BCUT2D eigenvalue weighted by Crippen LogP contribution is -2.27. The number of carbonyl (C=O) groups excluding carboxylic acids is 1. The molecule has 1 aromatic carbocycles. The highest BCUT2D eigenvalue weighted by Gasteiger charge is 2.14. The third-order valence-electron chi connectivity index (χ3n) is 4.80.